The maximum absolute atomic E-state index is 9.67. The zero-order valence-corrected chi connectivity index (χ0v) is 14.3. The van der Waals surface area contributed by atoms with E-state index < -0.39 is 0 Å². The van der Waals surface area contributed by atoms with Crippen molar-refractivity contribution in [3.8, 4) is 11.5 Å². The molecule has 4 nitrogen and oxygen atoms in total. The molecule has 0 bridgehead atoms. The fourth-order valence-electron chi connectivity index (χ4n) is 2.55. The molecule has 0 heterocycles. The van der Waals surface area contributed by atoms with Crippen LogP contribution in [0.15, 0.2) is 52.7 Å². The van der Waals surface area contributed by atoms with Gasteiger partial charge in [-0.15, -0.1) is 5.11 Å². The van der Waals surface area contributed by atoms with Crippen LogP contribution < -0.4 is 0 Å². The van der Waals surface area contributed by atoms with Crippen LogP contribution in [0.3, 0.4) is 0 Å². The lowest BCUT2D eigenvalue weighted by atomic mass is 10.0. The number of azo groups is 1. The summed E-state index contributed by atoms with van der Waals surface area (Å²) in [6, 6.07) is 12.3. The Hall–Kier alpha value is -2.36. The van der Waals surface area contributed by atoms with Crippen molar-refractivity contribution in [2.24, 2.45) is 10.2 Å². The first-order chi connectivity index (χ1) is 11.7. The summed E-state index contributed by atoms with van der Waals surface area (Å²) < 4.78 is 0. The van der Waals surface area contributed by atoms with Gasteiger partial charge >= 0.3 is 0 Å². The van der Waals surface area contributed by atoms with Gasteiger partial charge in [0.1, 0.15) is 17.2 Å². The van der Waals surface area contributed by atoms with Crippen molar-refractivity contribution in [3.05, 3.63) is 48.0 Å². The predicted octanol–water partition coefficient (Wildman–Crippen LogP) is 6.42. The second-order valence-corrected chi connectivity index (χ2v) is 6.06. The number of unbranched alkanes of at least 4 members (excludes halogenated alkanes) is 5. The van der Waals surface area contributed by atoms with E-state index in [-0.39, 0.29) is 11.5 Å². The van der Waals surface area contributed by atoms with Gasteiger partial charge in [0.25, 0.3) is 0 Å². The molecule has 0 saturated carbocycles. The van der Waals surface area contributed by atoms with Crippen LogP contribution in [0.5, 0.6) is 11.5 Å². The molecule has 0 amide bonds. The van der Waals surface area contributed by atoms with Gasteiger partial charge in [-0.2, -0.15) is 5.11 Å². The Balaban J connectivity index is 1.82. The van der Waals surface area contributed by atoms with Crippen LogP contribution in [0.2, 0.25) is 0 Å². The molecule has 2 aromatic rings. The molecule has 24 heavy (non-hydrogen) atoms. The Labute approximate surface area is 143 Å². The van der Waals surface area contributed by atoms with E-state index >= 15 is 0 Å². The number of benzene rings is 2. The lowest BCUT2D eigenvalue weighted by molar-refractivity contribution is 0.451. The molecule has 0 fully saturated rings. The van der Waals surface area contributed by atoms with Crippen molar-refractivity contribution in [1.82, 2.24) is 0 Å². The van der Waals surface area contributed by atoms with Gasteiger partial charge in [0.05, 0.1) is 5.69 Å². The lowest BCUT2D eigenvalue weighted by Gasteiger charge is -2.02. The minimum absolute atomic E-state index is 0.00509. The number of hydrogen-bond acceptors (Lipinski definition) is 4. The molecular weight excluding hydrogens is 300 g/mol. The van der Waals surface area contributed by atoms with Gasteiger partial charge in [-0.1, -0.05) is 51.2 Å². The molecule has 0 spiro atoms. The molecular formula is C20H26N2O2. The van der Waals surface area contributed by atoms with E-state index in [9.17, 15) is 10.2 Å². The Bertz CT molecular complexity index is 651. The topological polar surface area (TPSA) is 65.2 Å². The van der Waals surface area contributed by atoms with Crippen LogP contribution >= 0.6 is 0 Å². The number of nitrogens with zero attached hydrogens (tertiary/aromatic N) is 2. The van der Waals surface area contributed by atoms with Crippen molar-refractivity contribution >= 4 is 11.4 Å². The van der Waals surface area contributed by atoms with E-state index in [0.29, 0.717) is 5.69 Å². The molecule has 4 heteroatoms. The van der Waals surface area contributed by atoms with Gasteiger partial charge in [0.15, 0.2) is 0 Å². The van der Waals surface area contributed by atoms with Gasteiger partial charge in [-0.3, -0.25) is 0 Å². The fraction of sp³-hybridized carbons (Fsp3) is 0.400. The molecule has 2 aromatic carbocycles. The summed E-state index contributed by atoms with van der Waals surface area (Å²) in [7, 11) is 0. The first kappa shape index (κ1) is 18.0. The maximum atomic E-state index is 9.67. The highest BCUT2D eigenvalue weighted by molar-refractivity contribution is 5.53. The van der Waals surface area contributed by atoms with Crippen LogP contribution in [-0.2, 0) is 6.42 Å². The monoisotopic (exact) mass is 326 g/mol. The third kappa shape index (κ3) is 6.03. The smallest absolute Gasteiger partial charge is 0.146 e. The number of aromatic hydroxyl groups is 2. The van der Waals surface area contributed by atoms with Gasteiger partial charge in [-0.25, -0.2) is 0 Å². The highest BCUT2D eigenvalue weighted by Gasteiger charge is 2.01. The van der Waals surface area contributed by atoms with Crippen LogP contribution in [0.1, 0.15) is 51.0 Å². The Morgan fingerprint density at radius 3 is 2.21 bits per heavy atom. The van der Waals surface area contributed by atoms with Crippen LogP contribution in [0.4, 0.5) is 11.4 Å². The molecule has 0 unspecified atom stereocenters. The third-order valence-electron chi connectivity index (χ3n) is 3.99. The Morgan fingerprint density at radius 1 is 0.792 bits per heavy atom. The van der Waals surface area contributed by atoms with Crippen LogP contribution in [-0.4, -0.2) is 10.2 Å². The van der Waals surface area contributed by atoms with Gasteiger partial charge in [0.2, 0.25) is 0 Å². The highest BCUT2D eigenvalue weighted by atomic mass is 16.3. The average molecular weight is 326 g/mol. The quantitative estimate of drug-likeness (QED) is 0.412. The number of rotatable bonds is 9. The fourth-order valence-corrected chi connectivity index (χ4v) is 2.55. The minimum atomic E-state index is -0.0848. The van der Waals surface area contributed by atoms with Crippen LogP contribution in [0.25, 0.3) is 0 Å². The first-order valence-electron chi connectivity index (χ1n) is 8.71. The lowest BCUT2D eigenvalue weighted by Crippen LogP contribution is -1.85. The van der Waals surface area contributed by atoms with Crippen molar-refractivity contribution in [3.63, 3.8) is 0 Å². The van der Waals surface area contributed by atoms with E-state index in [1.54, 1.807) is 0 Å². The molecule has 2 N–H and O–H groups in total. The average Bonchev–Trinajstić information content (AvgIpc) is 2.58. The summed E-state index contributed by atoms with van der Waals surface area (Å²) >= 11 is 0. The zero-order chi connectivity index (χ0) is 17.2. The summed E-state index contributed by atoms with van der Waals surface area (Å²) in [6.45, 7) is 2.24. The standard InChI is InChI=1S/C20H26N2O2/c1-2-3-4-5-6-7-8-16-9-11-17(12-10-16)21-22-19-14-13-18(23)15-20(19)24/h9-15,23-24H,2-8H2,1H3. The predicted molar refractivity (Wildman–Crippen MR) is 97.5 cm³/mol. The van der Waals surface area contributed by atoms with Gasteiger partial charge in [-0.05, 0) is 42.7 Å². The van der Waals surface area contributed by atoms with E-state index in [4.69, 9.17) is 0 Å². The Morgan fingerprint density at radius 2 is 1.50 bits per heavy atom. The second-order valence-electron chi connectivity index (χ2n) is 6.06. The van der Waals surface area contributed by atoms with E-state index in [0.717, 1.165) is 12.1 Å². The van der Waals surface area contributed by atoms with Crippen molar-refractivity contribution in [2.45, 2.75) is 51.9 Å². The van der Waals surface area contributed by atoms with E-state index in [1.165, 1.54) is 62.3 Å². The van der Waals surface area contributed by atoms with Crippen molar-refractivity contribution in [1.29, 1.82) is 0 Å². The van der Waals surface area contributed by atoms with Gasteiger partial charge < -0.3 is 10.2 Å². The molecule has 2 rings (SSSR count). The first-order valence-corrected chi connectivity index (χ1v) is 8.71. The van der Waals surface area contributed by atoms with Gasteiger partial charge in [0, 0.05) is 6.07 Å². The summed E-state index contributed by atoms with van der Waals surface area (Å²) in [5, 5.41) is 27.1. The second kappa shape index (κ2) is 9.71. The maximum Gasteiger partial charge on any atom is 0.146 e. The highest BCUT2D eigenvalue weighted by Crippen LogP contribution is 2.31. The molecule has 128 valence electrons. The van der Waals surface area contributed by atoms with E-state index in [2.05, 4.69) is 29.3 Å². The third-order valence-corrected chi connectivity index (χ3v) is 3.99. The molecule has 0 atom stereocenters. The summed E-state index contributed by atoms with van der Waals surface area (Å²) in [5.41, 5.74) is 2.40. The molecule has 0 aliphatic heterocycles. The Kier molecular flexibility index (Phi) is 7.27. The van der Waals surface area contributed by atoms with Crippen LogP contribution in [0, 0.1) is 0 Å². The van der Waals surface area contributed by atoms with Crippen molar-refractivity contribution < 1.29 is 10.2 Å². The van der Waals surface area contributed by atoms with Crippen molar-refractivity contribution in [2.75, 3.05) is 0 Å². The molecule has 0 aliphatic rings. The number of hydrogen-bond donors (Lipinski definition) is 2. The molecule has 0 aliphatic carbocycles. The summed E-state index contributed by atoms with van der Waals surface area (Å²) in [6.07, 6.45) is 8.93. The summed E-state index contributed by atoms with van der Waals surface area (Å²) in [5.74, 6) is -0.0797. The summed E-state index contributed by atoms with van der Waals surface area (Å²) in [4.78, 5) is 0. The molecule has 0 aromatic heterocycles. The number of phenols is 2. The molecule has 0 saturated heterocycles. The normalized spacial score (nSPS) is 11.2. The number of phenolic OH excluding ortho intramolecular Hbond substituents is 2. The SMILES string of the molecule is CCCCCCCCc1ccc(N=Nc2ccc(O)cc2O)cc1. The number of aryl methyl sites for hydroxylation is 1. The molecule has 0 radical (unpaired) electrons. The van der Waals surface area contributed by atoms with E-state index in [1.807, 2.05) is 12.1 Å². The zero-order valence-electron chi connectivity index (χ0n) is 14.3. The largest absolute Gasteiger partial charge is 0.508 e. The minimum Gasteiger partial charge on any atom is -0.508 e.